The van der Waals surface area contributed by atoms with Gasteiger partial charge in [0.05, 0.1) is 12.8 Å². The second kappa shape index (κ2) is 6.99. The molecule has 1 aliphatic rings. The van der Waals surface area contributed by atoms with Crippen molar-refractivity contribution in [2.45, 2.75) is 18.9 Å². The second-order valence-corrected chi connectivity index (χ2v) is 5.53. The number of amides is 3. The lowest BCUT2D eigenvalue weighted by Gasteiger charge is -2.07. The number of nitrogens with one attached hydrogen (secondary N) is 3. The normalized spacial score (nSPS) is 13.2. The van der Waals surface area contributed by atoms with Crippen molar-refractivity contribution in [3.63, 3.8) is 0 Å². The van der Waals surface area contributed by atoms with Crippen LogP contribution in [0.1, 0.15) is 33.8 Å². The van der Waals surface area contributed by atoms with E-state index in [1.165, 1.54) is 6.26 Å². The average Bonchev–Trinajstić information content (AvgIpc) is 3.22. The third-order valence-corrected chi connectivity index (χ3v) is 3.50. The molecule has 1 aromatic heterocycles. The van der Waals surface area contributed by atoms with Crippen molar-refractivity contribution in [1.29, 1.82) is 0 Å². The lowest BCUT2D eigenvalue weighted by Crippen LogP contribution is -2.37. The summed E-state index contributed by atoms with van der Waals surface area (Å²) in [7, 11) is 0. The minimum absolute atomic E-state index is 0.0493. The van der Waals surface area contributed by atoms with Gasteiger partial charge in [-0.2, -0.15) is 0 Å². The maximum absolute atomic E-state index is 12.0. The van der Waals surface area contributed by atoms with Gasteiger partial charge in [-0.3, -0.25) is 14.4 Å². The Morgan fingerprint density at radius 1 is 1.04 bits per heavy atom. The molecule has 124 valence electrons. The first kappa shape index (κ1) is 15.8. The van der Waals surface area contributed by atoms with Gasteiger partial charge >= 0.3 is 0 Å². The highest BCUT2D eigenvalue weighted by Gasteiger charge is 2.23. The molecular weight excluding hydrogens is 310 g/mol. The maximum atomic E-state index is 12.0. The Morgan fingerprint density at radius 3 is 2.42 bits per heavy atom. The van der Waals surface area contributed by atoms with Crippen molar-refractivity contribution in [2.24, 2.45) is 0 Å². The Labute approximate surface area is 138 Å². The van der Waals surface area contributed by atoms with E-state index >= 15 is 0 Å². The van der Waals surface area contributed by atoms with Crippen LogP contribution in [0.2, 0.25) is 0 Å². The highest BCUT2D eigenvalue weighted by molar-refractivity contribution is 6.02. The first-order valence-electron chi connectivity index (χ1n) is 7.64. The minimum Gasteiger partial charge on any atom is -0.459 e. The Kier molecular flexibility index (Phi) is 4.60. The van der Waals surface area contributed by atoms with Gasteiger partial charge in [0.15, 0.2) is 5.76 Å². The van der Waals surface area contributed by atoms with E-state index in [0.717, 1.165) is 12.8 Å². The average molecular weight is 327 g/mol. The number of furan rings is 1. The standard InChI is InChI=1S/C17H17N3O4/c21-15(19-12-7-8-12)10-18-16(22)11-3-5-13(6-4-11)20-17(23)14-2-1-9-24-14/h1-6,9,12H,7-8,10H2,(H,18,22)(H,19,21)(H,20,23). The number of benzene rings is 1. The fraction of sp³-hybridized carbons (Fsp3) is 0.235. The van der Waals surface area contributed by atoms with Crippen molar-refractivity contribution >= 4 is 23.4 Å². The van der Waals surface area contributed by atoms with Gasteiger partial charge in [0.25, 0.3) is 11.8 Å². The molecule has 0 saturated heterocycles. The summed E-state index contributed by atoms with van der Waals surface area (Å²) in [6, 6.07) is 9.83. The fourth-order valence-corrected chi connectivity index (χ4v) is 2.07. The molecule has 0 radical (unpaired) electrons. The molecule has 0 bridgehead atoms. The van der Waals surface area contributed by atoms with Gasteiger partial charge < -0.3 is 20.4 Å². The van der Waals surface area contributed by atoms with Crippen LogP contribution in [-0.2, 0) is 4.79 Å². The summed E-state index contributed by atoms with van der Waals surface area (Å²) in [5.74, 6) is -0.689. The second-order valence-electron chi connectivity index (χ2n) is 5.53. The van der Waals surface area contributed by atoms with Crippen molar-refractivity contribution in [3.05, 3.63) is 54.0 Å². The van der Waals surface area contributed by atoms with E-state index in [-0.39, 0.29) is 36.1 Å². The molecule has 3 amide bonds. The van der Waals surface area contributed by atoms with Gasteiger partial charge in [0, 0.05) is 17.3 Å². The molecule has 0 spiro atoms. The molecule has 0 aliphatic heterocycles. The molecular formula is C17H17N3O4. The fourth-order valence-electron chi connectivity index (χ4n) is 2.07. The lowest BCUT2D eigenvalue weighted by atomic mass is 10.2. The monoisotopic (exact) mass is 327 g/mol. The zero-order valence-electron chi connectivity index (χ0n) is 12.9. The highest BCUT2D eigenvalue weighted by Crippen LogP contribution is 2.18. The summed E-state index contributed by atoms with van der Waals surface area (Å²) in [5, 5.41) is 8.02. The topological polar surface area (TPSA) is 100 Å². The smallest absolute Gasteiger partial charge is 0.291 e. The summed E-state index contributed by atoms with van der Waals surface area (Å²) < 4.78 is 5.00. The van der Waals surface area contributed by atoms with Gasteiger partial charge in [0.2, 0.25) is 5.91 Å². The van der Waals surface area contributed by atoms with E-state index in [1.54, 1.807) is 36.4 Å². The van der Waals surface area contributed by atoms with Crippen LogP contribution in [0.15, 0.2) is 47.1 Å². The Balaban J connectivity index is 1.50. The van der Waals surface area contributed by atoms with Crippen LogP contribution in [0.5, 0.6) is 0 Å². The van der Waals surface area contributed by atoms with Crippen molar-refractivity contribution < 1.29 is 18.8 Å². The van der Waals surface area contributed by atoms with Gasteiger partial charge in [0.1, 0.15) is 0 Å². The predicted octanol–water partition coefficient (Wildman–Crippen LogP) is 1.54. The van der Waals surface area contributed by atoms with E-state index in [1.807, 2.05) is 0 Å². The molecule has 1 saturated carbocycles. The van der Waals surface area contributed by atoms with E-state index in [0.29, 0.717) is 11.3 Å². The first-order valence-corrected chi connectivity index (χ1v) is 7.64. The SMILES string of the molecule is O=C(CNC(=O)c1ccc(NC(=O)c2ccco2)cc1)NC1CC1. The van der Waals surface area contributed by atoms with Crippen LogP contribution in [0.3, 0.4) is 0 Å². The van der Waals surface area contributed by atoms with Crippen molar-refractivity contribution in [1.82, 2.24) is 10.6 Å². The highest BCUT2D eigenvalue weighted by atomic mass is 16.3. The molecule has 1 aliphatic carbocycles. The first-order chi connectivity index (χ1) is 11.6. The largest absolute Gasteiger partial charge is 0.459 e. The van der Waals surface area contributed by atoms with Gasteiger partial charge in [-0.05, 0) is 49.2 Å². The van der Waals surface area contributed by atoms with E-state index in [9.17, 15) is 14.4 Å². The van der Waals surface area contributed by atoms with Crippen LogP contribution in [0, 0.1) is 0 Å². The molecule has 7 nitrogen and oxygen atoms in total. The van der Waals surface area contributed by atoms with Crippen LogP contribution < -0.4 is 16.0 Å². The minimum atomic E-state index is -0.367. The van der Waals surface area contributed by atoms with Gasteiger partial charge in [-0.25, -0.2) is 0 Å². The van der Waals surface area contributed by atoms with Gasteiger partial charge in [-0.1, -0.05) is 0 Å². The maximum Gasteiger partial charge on any atom is 0.291 e. The summed E-state index contributed by atoms with van der Waals surface area (Å²) in [6.07, 6.45) is 3.43. The van der Waals surface area contributed by atoms with E-state index in [2.05, 4.69) is 16.0 Å². The summed E-state index contributed by atoms with van der Waals surface area (Å²) in [4.78, 5) is 35.3. The number of rotatable bonds is 6. The van der Waals surface area contributed by atoms with Crippen molar-refractivity contribution in [2.75, 3.05) is 11.9 Å². The Morgan fingerprint density at radius 2 is 1.79 bits per heavy atom. The van der Waals surface area contributed by atoms with Gasteiger partial charge in [-0.15, -0.1) is 0 Å². The predicted molar refractivity (Wildman–Crippen MR) is 86.6 cm³/mol. The lowest BCUT2D eigenvalue weighted by molar-refractivity contribution is -0.120. The van der Waals surface area contributed by atoms with E-state index in [4.69, 9.17) is 4.42 Å². The molecule has 3 N–H and O–H groups in total. The molecule has 24 heavy (non-hydrogen) atoms. The summed E-state index contributed by atoms with van der Waals surface area (Å²) >= 11 is 0. The molecule has 1 fully saturated rings. The molecule has 7 heteroatoms. The Hall–Kier alpha value is -3.09. The van der Waals surface area contributed by atoms with Crippen molar-refractivity contribution in [3.8, 4) is 0 Å². The summed E-state index contributed by atoms with van der Waals surface area (Å²) in [6.45, 7) is -0.0493. The molecule has 0 unspecified atom stereocenters. The summed E-state index contributed by atoms with van der Waals surface area (Å²) in [5.41, 5.74) is 0.949. The third-order valence-electron chi connectivity index (χ3n) is 3.50. The molecule has 1 heterocycles. The zero-order chi connectivity index (χ0) is 16.9. The number of carbonyl (C=O) groups is 3. The number of carbonyl (C=O) groups excluding carboxylic acids is 3. The van der Waals surface area contributed by atoms with Crippen LogP contribution >= 0.6 is 0 Å². The molecule has 1 aromatic carbocycles. The molecule has 3 rings (SSSR count). The number of hydrogen-bond acceptors (Lipinski definition) is 4. The quantitative estimate of drug-likeness (QED) is 0.749. The van der Waals surface area contributed by atoms with Crippen LogP contribution in [0.4, 0.5) is 5.69 Å². The zero-order valence-corrected chi connectivity index (χ0v) is 12.9. The number of hydrogen-bond donors (Lipinski definition) is 3. The molecule has 2 aromatic rings. The third kappa shape index (κ3) is 4.22. The Bertz CT molecular complexity index is 734. The molecule has 0 atom stereocenters. The van der Waals surface area contributed by atoms with Crippen LogP contribution in [0.25, 0.3) is 0 Å². The van der Waals surface area contributed by atoms with E-state index < -0.39 is 0 Å². The van der Waals surface area contributed by atoms with Crippen LogP contribution in [-0.4, -0.2) is 30.3 Å². The number of anilines is 1.